The van der Waals surface area contributed by atoms with Gasteiger partial charge in [-0.3, -0.25) is 0 Å². The summed E-state index contributed by atoms with van der Waals surface area (Å²) in [7, 11) is 4.93. The molecule has 0 aromatic rings. The molecule has 0 aliphatic carbocycles. The van der Waals surface area contributed by atoms with Crippen molar-refractivity contribution in [3.63, 3.8) is 0 Å². The van der Waals surface area contributed by atoms with Crippen molar-refractivity contribution in [3.8, 4) is 0 Å². The molecule has 0 rings (SSSR count). The zero-order valence-corrected chi connectivity index (χ0v) is 18.4. The summed E-state index contributed by atoms with van der Waals surface area (Å²) in [6, 6.07) is 1.50. The van der Waals surface area contributed by atoms with Gasteiger partial charge in [-0.25, -0.2) is 0 Å². The van der Waals surface area contributed by atoms with Crippen molar-refractivity contribution >= 4 is 52.8 Å². The average Bonchev–Trinajstić information content (AvgIpc) is 2.59. The van der Waals surface area contributed by atoms with E-state index >= 15 is 0 Å². The van der Waals surface area contributed by atoms with Gasteiger partial charge in [0.05, 0.1) is 0 Å². The van der Waals surface area contributed by atoms with Crippen LogP contribution in [0.2, 0.25) is 12.1 Å². The van der Waals surface area contributed by atoms with Crippen molar-refractivity contribution in [3.05, 3.63) is 0 Å². The molecule has 0 aliphatic heterocycles. The summed E-state index contributed by atoms with van der Waals surface area (Å²) >= 11 is 9.39. The van der Waals surface area contributed by atoms with Crippen LogP contribution >= 0.6 is 24.4 Å². The molecule has 0 heterocycles. The highest BCUT2D eigenvalue weighted by Crippen LogP contribution is 2.14. The summed E-state index contributed by atoms with van der Waals surface area (Å²) in [6.07, 6.45) is 1.58. The summed E-state index contributed by atoms with van der Waals surface area (Å²) < 4.78 is 31.0. The van der Waals surface area contributed by atoms with Crippen molar-refractivity contribution in [1.82, 2.24) is 0 Å². The fourth-order valence-electron chi connectivity index (χ4n) is 1.58. The Balaban J connectivity index is -0.000000333. The third kappa shape index (κ3) is 11.5. The minimum absolute atomic E-state index is 0. The van der Waals surface area contributed by atoms with E-state index in [4.69, 9.17) is 51.0 Å². The second-order valence-electron chi connectivity index (χ2n) is 4.00. The van der Waals surface area contributed by atoms with Crippen LogP contribution in [0.15, 0.2) is 0 Å². The standard InChI is InChI=1S/2C6H14O3SSi.H2O/c2*1-7-11(8-2,9-3)6-4-5-10;/h2*5H,4,6H2,1-3H3;1H2. The monoisotopic (exact) mass is 406 g/mol. The average molecular weight is 407 g/mol. The van der Waals surface area contributed by atoms with Crippen molar-refractivity contribution in [2.45, 2.75) is 24.9 Å². The van der Waals surface area contributed by atoms with Crippen LogP contribution in [-0.4, -0.2) is 76.5 Å². The first-order valence-electron chi connectivity index (χ1n) is 6.67. The van der Waals surface area contributed by atoms with E-state index < -0.39 is 17.6 Å². The second kappa shape index (κ2) is 17.2. The van der Waals surface area contributed by atoms with E-state index in [1.54, 1.807) is 53.4 Å². The quantitative estimate of drug-likeness (QED) is 0.357. The highest BCUT2D eigenvalue weighted by Gasteiger charge is 2.37. The van der Waals surface area contributed by atoms with Gasteiger partial charge in [0.2, 0.25) is 0 Å². The molecule has 0 radical (unpaired) electrons. The van der Waals surface area contributed by atoms with E-state index in [0.717, 1.165) is 24.9 Å². The smallest absolute Gasteiger partial charge is 0.412 e. The Morgan fingerprint density at radius 3 is 0.957 bits per heavy atom. The van der Waals surface area contributed by atoms with Crippen molar-refractivity contribution in [1.29, 1.82) is 0 Å². The van der Waals surface area contributed by atoms with E-state index in [-0.39, 0.29) is 5.48 Å². The molecule has 0 unspecified atom stereocenters. The summed E-state index contributed by atoms with van der Waals surface area (Å²) in [5.74, 6) is 0. The van der Waals surface area contributed by atoms with Crippen molar-refractivity contribution < 1.29 is 32.0 Å². The molecule has 7 nitrogen and oxygen atoms in total. The zero-order valence-electron chi connectivity index (χ0n) is 14.7. The molecule has 23 heavy (non-hydrogen) atoms. The second-order valence-corrected chi connectivity index (χ2v) is 10.8. The van der Waals surface area contributed by atoms with Crippen molar-refractivity contribution in [2.24, 2.45) is 0 Å². The lowest BCUT2D eigenvalue weighted by Gasteiger charge is -2.23. The first-order chi connectivity index (χ1) is 10.5. The number of hydrogen-bond donors (Lipinski definition) is 0. The van der Waals surface area contributed by atoms with Crippen LogP contribution < -0.4 is 0 Å². The van der Waals surface area contributed by atoms with Crippen LogP contribution in [0.5, 0.6) is 0 Å². The zero-order chi connectivity index (χ0) is 17.5. The lowest BCUT2D eigenvalue weighted by atomic mass is 10.6. The SMILES string of the molecule is CO[Si](CCC=S)(OC)OC.CO[Si](CCC=S)(OC)OC.O. The fourth-order valence-corrected chi connectivity index (χ4v) is 5.46. The van der Waals surface area contributed by atoms with E-state index in [1.165, 1.54) is 0 Å². The van der Waals surface area contributed by atoms with E-state index in [0.29, 0.717) is 0 Å². The molecular weight excluding hydrogens is 376 g/mol. The number of rotatable bonds is 12. The first kappa shape index (κ1) is 28.1. The maximum absolute atomic E-state index is 5.17. The Hall–Kier alpha value is 0.334. The summed E-state index contributed by atoms with van der Waals surface area (Å²) in [6.45, 7) is 0. The van der Waals surface area contributed by atoms with Gasteiger partial charge in [-0.15, -0.1) is 0 Å². The maximum atomic E-state index is 5.17. The Morgan fingerprint density at radius 1 is 0.609 bits per heavy atom. The van der Waals surface area contributed by atoms with Gasteiger partial charge in [-0.2, -0.15) is 0 Å². The van der Waals surface area contributed by atoms with Crippen LogP contribution in [0.3, 0.4) is 0 Å². The van der Waals surface area contributed by atoms with Crippen LogP contribution in [0.4, 0.5) is 0 Å². The molecule has 0 saturated heterocycles. The predicted octanol–water partition coefficient (Wildman–Crippen LogP) is 1.68. The fraction of sp³-hybridized carbons (Fsp3) is 0.833. The minimum Gasteiger partial charge on any atom is -0.412 e. The van der Waals surface area contributed by atoms with Crippen LogP contribution in [0.25, 0.3) is 0 Å². The third-order valence-electron chi connectivity index (χ3n) is 3.00. The third-order valence-corrected chi connectivity index (χ3v) is 9.01. The largest absolute Gasteiger partial charge is 0.500 e. The Kier molecular flexibility index (Phi) is 21.0. The molecule has 0 bridgehead atoms. The van der Waals surface area contributed by atoms with Gasteiger partial charge < -0.3 is 32.0 Å². The molecular formula is C12H30O7S2Si2. The lowest BCUT2D eigenvalue weighted by Crippen LogP contribution is -2.42. The predicted molar refractivity (Wildman–Crippen MR) is 103 cm³/mol. The minimum atomic E-state index is -2.34. The molecule has 0 saturated carbocycles. The summed E-state index contributed by atoms with van der Waals surface area (Å²) in [4.78, 5) is 0. The van der Waals surface area contributed by atoms with Crippen LogP contribution in [0, 0.1) is 0 Å². The number of hydrogen-bond acceptors (Lipinski definition) is 8. The van der Waals surface area contributed by atoms with Gasteiger partial charge in [0, 0.05) is 54.7 Å². The maximum Gasteiger partial charge on any atom is 0.500 e. The van der Waals surface area contributed by atoms with E-state index in [9.17, 15) is 0 Å². The van der Waals surface area contributed by atoms with Gasteiger partial charge in [0.25, 0.3) is 0 Å². The number of thiocarbonyl (C=S) groups is 2. The van der Waals surface area contributed by atoms with E-state index in [1.807, 2.05) is 0 Å². The summed E-state index contributed by atoms with van der Waals surface area (Å²) in [5, 5.41) is 3.33. The topological polar surface area (TPSA) is 86.9 Å². The molecule has 0 aromatic heterocycles. The first-order valence-corrected chi connectivity index (χ1v) is 11.5. The molecule has 2 N–H and O–H groups in total. The lowest BCUT2D eigenvalue weighted by molar-refractivity contribution is 0.124. The summed E-state index contributed by atoms with van der Waals surface area (Å²) in [5.41, 5.74) is 0. The van der Waals surface area contributed by atoms with Crippen molar-refractivity contribution in [2.75, 3.05) is 42.7 Å². The van der Waals surface area contributed by atoms with Gasteiger partial charge in [0.1, 0.15) is 0 Å². The Morgan fingerprint density at radius 2 is 0.826 bits per heavy atom. The Bertz CT molecular complexity index is 246. The molecule has 140 valence electrons. The Labute approximate surface area is 152 Å². The van der Waals surface area contributed by atoms with Gasteiger partial charge in [-0.05, 0) is 23.6 Å². The van der Waals surface area contributed by atoms with Gasteiger partial charge in [-0.1, -0.05) is 24.4 Å². The highest BCUT2D eigenvalue weighted by atomic mass is 32.1. The molecule has 0 aliphatic rings. The molecule has 11 heteroatoms. The molecule has 0 atom stereocenters. The molecule has 0 amide bonds. The van der Waals surface area contributed by atoms with Crippen LogP contribution in [-0.2, 0) is 26.6 Å². The normalized spacial score (nSPS) is 11.0. The van der Waals surface area contributed by atoms with Gasteiger partial charge in [0.15, 0.2) is 0 Å². The molecule has 0 spiro atoms. The molecule has 0 fully saturated rings. The molecule has 0 aromatic carbocycles. The van der Waals surface area contributed by atoms with Crippen LogP contribution in [0.1, 0.15) is 12.8 Å². The highest BCUT2D eigenvalue weighted by molar-refractivity contribution is 7.79. The van der Waals surface area contributed by atoms with E-state index in [2.05, 4.69) is 0 Å². The van der Waals surface area contributed by atoms with Gasteiger partial charge >= 0.3 is 17.6 Å².